The van der Waals surface area contributed by atoms with Crippen LogP contribution in [0.25, 0.3) is 0 Å². The molecular formula is C19H29NO5. The molecule has 1 aromatic rings. The average molecular weight is 351 g/mol. The third kappa shape index (κ3) is 6.57. The second-order valence-corrected chi connectivity index (χ2v) is 6.61. The van der Waals surface area contributed by atoms with E-state index in [0.29, 0.717) is 30.1 Å². The van der Waals surface area contributed by atoms with Gasteiger partial charge in [-0.3, -0.25) is 0 Å². The summed E-state index contributed by atoms with van der Waals surface area (Å²) in [6.07, 6.45) is 2.49. The Morgan fingerprint density at radius 1 is 1.16 bits per heavy atom. The molecule has 0 aromatic heterocycles. The van der Waals surface area contributed by atoms with Crippen LogP contribution in [0.2, 0.25) is 0 Å². The average Bonchev–Trinajstić information content (AvgIpc) is 2.52. The summed E-state index contributed by atoms with van der Waals surface area (Å²) in [6.45, 7) is 9.24. The molecule has 1 amide bonds. The molecule has 25 heavy (non-hydrogen) atoms. The van der Waals surface area contributed by atoms with Crippen LogP contribution in [-0.4, -0.2) is 39.1 Å². The molecular weight excluding hydrogens is 322 g/mol. The number of ether oxygens (including phenoxy) is 4. The Balaban J connectivity index is 2.97. The van der Waals surface area contributed by atoms with Crippen molar-refractivity contribution in [2.45, 2.75) is 45.3 Å². The summed E-state index contributed by atoms with van der Waals surface area (Å²) in [5.41, 5.74) is 0.396. The molecule has 0 aliphatic heterocycles. The van der Waals surface area contributed by atoms with Crippen LogP contribution in [0.3, 0.4) is 0 Å². The highest BCUT2D eigenvalue weighted by molar-refractivity contribution is 5.68. The maximum Gasteiger partial charge on any atom is 0.407 e. The van der Waals surface area contributed by atoms with Crippen LogP contribution < -0.4 is 19.5 Å². The van der Waals surface area contributed by atoms with Crippen molar-refractivity contribution in [1.82, 2.24) is 5.32 Å². The van der Waals surface area contributed by atoms with Gasteiger partial charge in [-0.25, -0.2) is 4.79 Å². The van der Waals surface area contributed by atoms with Gasteiger partial charge in [0, 0.05) is 6.04 Å². The van der Waals surface area contributed by atoms with E-state index in [1.807, 2.05) is 32.9 Å². The predicted octanol–water partition coefficient (Wildman–Crippen LogP) is 3.72. The first-order valence-electron chi connectivity index (χ1n) is 8.13. The molecule has 0 saturated heterocycles. The van der Waals surface area contributed by atoms with Gasteiger partial charge in [0.05, 0.1) is 21.3 Å². The summed E-state index contributed by atoms with van der Waals surface area (Å²) >= 11 is 0. The molecule has 6 nitrogen and oxygen atoms in total. The van der Waals surface area contributed by atoms with Crippen LogP contribution in [0.5, 0.6) is 17.2 Å². The molecule has 0 fully saturated rings. The number of alkyl carbamates (subject to hydrolysis) is 1. The van der Waals surface area contributed by atoms with E-state index >= 15 is 0 Å². The van der Waals surface area contributed by atoms with E-state index in [4.69, 9.17) is 18.9 Å². The van der Waals surface area contributed by atoms with Gasteiger partial charge in [-0.1, -0.05) is 6.08 Å². The van der Waals surface area contributed by atoms with Gasteiger partial charge >= 0.3 is 6.09 Å². The van der Waals surface area contributed by atoms with E-state index in [9.17, 15) is 4.79 Å². The van der Waals surface area contributed by atoms with Crippen LogP contribution in [0.4, 0.5) is 4.79 Å². The minimum Gasteiger partial charge on any atom is -0.493 e. The van der Waals surface area contributed by atoms with E-state index < -0.39 is 11.7 Å². The van der Waals surface area contributed by atoms with Crippen LogP contribution in [0, 0.1) is 0 Å². The lowest BCUT2D eigenvalue weighted by Gasteiger charge is -2.23. The lowest BCUT2D eigenvalue weighted by molar-refractivity contribution is 0.0504. The zero-order valence-corrected chi connectivity index (χ0v) is 16.0. The normalized spacial score (nSPS) is 12.1. The van der Waals surface area contributed by atoms with Gasteiger partial charge in [0.2, 0.25) is 5.75 Å². The zero-order valence-electron chi connectivity index (χ0n) is 16.0. The zero-order chi connectivity index (χ0) is 19.0. The molecule has 0 radical (unpaired) electrons. The largest absolute Gasteiger partial charge is 0.493 e. The Kier molecular flexibility index (Phi) is 7.61. The lowest BCUT2D eigenvalue weighted by atomic mass is 10.0. The third-order valence-corrected chi connectivity index (χ3v) is 3.38. The molecule has 1 aromatic carbocycles. The summed E-state index contributed by atoms with van der Waals surface area (Å²) in [5, 5.41) is 2.88. The van der Waals surface area contributed by atoms with E-state index in [1.165, 1.54) is 0 Å². The molecule has 1 N–H and O–H groups in total. The van der Waals surface area contributed by atoms with Gasteiger partial charge < -0.3 is 24.3 Å². The van der Waals surface area contributed by atoms with Crippen molar-refractivity contribution in [3.05, 3.63) is 30.4 Å². The Hall–Kier alpha value is -2.37. The minimum atomic E-state index is -0.546. The van der Waals surface area contributed by atoms with Crippen molar-refractivity contribution in [2.24, 2.45) is 0 Å². The number of amides is 1. The molecule has 0 aliphatic carbocycles. The Labute approximate surface area is 150 Å². The number of nitrogens with one attached hydrogen (secondary N) is 1. The van der Waals surface area contributed by atoms with Crippen molar-refractivity contribution in [1.29, 1.82) is 0 Å². The summed E-state index contributed by atoms with van der Waals surface area (Å²) in [7, 11) is 4.70. The van der Waals surface area contributed by atoms with Crippen molar-refractivity contribution in [3.8, 4) is 17.2 Å². The van der Waals surface area contributed by atoms with E-state index in [0.717, 1.165) is 5.56 Å². The fourth-order valence-corrected chi connectivity index (χ4v) is 2.41. The molecule has 0 bridgehead atoms. The van der Waals surface area contributed by atoms with Gasteiger partial charge in [0.25, 0.3) is 0 Å². The summed E-state index contributed by atoms with van der Waals surface area (Å²) in [4.78, 5) is 12.0. The number of hydrogen-bond donors (Lipinski definition) is 1. The molecule has 1 atom stereocenters. The fraction of sp³-hybridized carbons (Fsp3) is 0.526. The van der Waals surface area contributed by atoms with E-state index in [1.54, 1.807) is 27.4 Å². The van der Waals surface area contributed by atoms with Gasteiger partial charge in [-0.2, -0.15) is 0 Å². The molecule has 0 aliphatic rings. The first-order valence-corrected chi connectivity index (χ1v) is 8.13. The molecule has 0 saturated carbocycles. The molecule has 6 heteroatoms. The summed E-state index contributed by atoms with van der Waals surface area (Å²) in [6, 6.07) is 3.58. The highest BCUT2D eigenvalue weighted by Crippen LogP contribution is 2.38. The van der Waals surface area contributed by atoms with Crippen LogP contribution in [0.15, 0.2) is 24.8 Å². The van der Waals surface area contributed by atoms with Gasteiger partial charge in [0.15, 0.2) is 11.5 Å². The van der Waals surface area contributed by atoms with E-state index in [2.05, 4.69) is 11.9 Å². The fourth-order valence-electron chi connectivity index (χ4n) is 2.41. The minimum absolute atomic E-state index is 0.157. The van der Waals surface area contributed by atoms with Gasteiger partial charge in [0.1, 0.15) is 5.60 Å². The first kappa shape index (κ1) is 20.7. The highest BCUT2D eigenvalue weighted by Gasteiger charge is 2.20. The number of methoxy groups -OCH3 is 3. The Bertz CT molecular complexity index is 567. The molecule has 1 unspecified atom stereocenters. The number of carbonyl (C=O) groups excluding carboxylic acids is 1. The quantitative estimate of drug-likeness (QED) is 0.723. The number of rotatable bonds is 8. The highest BCUT2D eigenvalue weighted by atomic mass is 16.6. The third-order valence-electron chi connectivity index (χ3n) is 3.38. The second kappa shape index (κ2) is 9.20. The summed E-state index contributed by atoms with van der Waals surface area (Å²) < 4.78 is 21.4. The molecule has 1 rings (SSSR count). The van der Waals surface area contributed by atoms with Gasteiger partial charge in [-0.15, -0.1) is 6.58 Å². The topological polar surface area (TPSA) is 66.0 Å². The first-order chi connectivity index (χ1) is 11.7. The van der Waals surface area contributed by atoms with Crippen LogP contribution in [-0.2, 0) is 11.2 Å². The van der Waals surface area contributed by atoms with Crippen molar-refractivity contribution in [3.63, 3.8) is 0 Å². The van der Waals surface area contributed by atoms with Crippen LogP contribution >= 0.6 is 0 Å². The molecule has 0 spiro atoms. The molecule has 140 valence electrons. The van der Waals surface area contributed by atoms with Crippen molar-refractivity contribution in [2.75, 3.05) is 21.3 Å². The van der Waals surface area contributed by atoms with E-state index in [-0.39, 0.29) is 6.04 Å². The Morgan fingerprint density at radius 3 is 2.12 bits per heavy atom. The number of hydrogen-bond acceptors (Lipinski definition) is 5. The predicted molar refractivity (Wildman–Crippen MR) is 97.8 cm³/mol. The second-order valence-electron chi connectivity index (χ2n) is 6.61. The standard InChI is InChI=1S/C19H29NO5/c1-8-9-14(20-18(21)25-19(2,3)4)10-13-11-15(22-5)17(24-7)16(12-13)23-6/h8,11-12,14H,1,9-10H2,2-7H3,(H,20,21). The maximum atomic E-state index is 12.0. The lowest BCUT2D eigenvalue weighted by Crippen LogP contribution is -2.40. The monoisotopic (exact) mass is 351 g/mol. The van der Waals surface area contributed by atoms with Gasteiger partial charge in [-0.05, 0) is 51.3 Å². The maximum absolute atomic E-state index is 12.0. The summed E-state index contributed by atoms with van der Waals surface area (Å²) in [5.74, 6) is 1.69. The van der Waals surface area contributed by atoms with Crippen molar-refractivity contribution >= 4 is 6.09 Å². The smallest absolute Gasteiger partial charge is 0.407 e. The van der Waals surface area contributed by atoms with Crippen LogP contribution in [0.1, 0.15) is 32.8 Å². The SMILES string of the molecule is C=CCC(Cc1cc(OC)c(OC)c(OC)c1)NC(=O)OC(C)(C)C. The molecule has 0 heterocycles. The number of carbonyl (C=O) groups is 1. The number of benzene rings is 1. The Morgan fingerprint density at radius 2 is 1.72 bits per heavy atom. The van der Waals surface area contributed by atoms with Crippen molar-refractivity contribution < 1.29 is 23.7 Å².